The third-order valence-electron chi connectivity index (χ3n) is 6.29. The molecule has 0 bridgehead atoms. The van der Waals surface area contributed by atoms with E-state index in [1.807, 2.05) is 24.0 Å². The third-order valence-corrected chi connectivity index (χ3v) is 6.53. The van der Waals surface area contributed by atoms with Gasteiger partial charge < -0.3 is 30.0 Å². The number of H-pyrrole nitrogens is 2. The van der Waals surface area contributed by atoms with Crippen molar-refractivity contribution in [2.24, 2.45) is 0 Å². The molecule has 1 aliphatic heterocycles. The molecule has 10 heteroatoms. The number of nitrogens with zero attached hydrogens (tertiary/aromatic N) is 2. The molecule has 186 valence electrons. The molecule has 2 aromatic carbocycles. The van der Waals surface area contributed by atoms with Crippen molar-refractivity contribution in [3.05, 3.63) is 80.7 Å². The second-order valence-electron chi connectivity index (χ2n) is 8.77. The zero-order valence-corrected chi connectivity index (χ0v) is 20.5. The summed E-state index contributed by atoms with van der Waals surface area (Å²) in [4.78, 5) is 25.5. The number of rotatable bonds is 6. The molecule has 36 heavy (non-hydrogen) atoms. The largest absolute Gasteiger partial charge is 0.387 e. The fourth-order valence-electron chi connectivity index (χ4n) is 4.41. The summed E-state index contributed by atoms with van der Waals surface area (Å²) in [6.45, 7) is 4.70. The predicted octanol–water partition coefficient (Wildman–Crippen LogP) is 3.68. The van der Waals surface area contributed by atoms with Crippen LogP contribution < -0.4 is 10.9 Å². The van der Waals surface area contributed by atoms with E-state index in [9.17, 15) is 9.90 Å². The van der Waals surface area contributed by atoms with Crippen LogP contribution in [-0.4, -0.2) is 63.6 Å². The van der Waals surface area contributed by atoms with E-state index in [4.69, 9.17) is 26.7 Å². The summed E-state index contributed by atoms with van der Waals surface area (Å²) >= 11 is 6.05. The molecule has 2 aromatic heterocycles. The molecular formula is C26H27ClN6O3. The molecular weight excluding hydrogens is 480 g/mol. The van der Waals surface area contributed by atoms with Gasteiger partial charge in [0.2, 0.25) is 0 Å². The van der Waals surface area contributed by atoms with Gasteiger partial charge in [0, 0.05) is 36.4 Å². The number of halogens is 1. The molecule has 1 saturated heterocycles. The van der Waals surface area contributed by atoms with Gasteiger partial charge in [0.25, 0.3) is 5.56 Å². The Labute approximate surface area is 212 Å². The average molecular weight is 507 g/mol. The highest BCUT2D eigenvalue weighted by atomic mass is 35.5. The topological polar surface area (TPSA) is 130 Å². The molecule has 3 heterocycles. The number of hydrogen-bond acceptors (Lipinski definition) is 6. The summed E-state index contributed by atoms with van der Waals surface area (Å²) in [5.41, 5.74) is 4.41. The number of aliphatic hydroxyl groups excluding tert-OH is 1. The Morgan fingerprint density at radius 1 is 1.28 bits per heavy atom. The van der Waals surface area contributed by atoms with Crippen molar-refractivity contribution in [2.75, 3.05) is 38.2 Å². The fourth-order valence-corrected chi connectivity index (χ4v) is 4.61. The van der Waals surface area contributed by atoms with Crippen LogP contribution in [0.1, 0.15) is 22.8 Å². The van der Waals surface area contributed by atoms with Gasteiger partial charge in [0.15, 0.2) is 0 Å². The van der Waals surface area contributed by atoms with Gasteiger partial charge in [0.05, 0.1) is 36.0 Å². The molecule has 5 N–H and O–H groups in total. The number of morpholine rings is 1. The van der Waals surface area contributed by atoms with Gasteiger partial charge in [-0.05, 0) is 48.4 Å². The number of aromatic amines is 2. The summed E-state index contributed by atoms with van der Waals surface area (Å²) in [5, 5.41) is 23.0. The van der Waals surface area contributed by atoms with Crippen LogP contribution in [0.15, 0.2) is 53.5 Å². The molecule has 9 nitrogen and oxygen atoms in total. The molecule has 1 atom stereocenters. The molecule has 0 aliphatic carbocycles. The van der Waals surface area contributed by atoms with Gasteiger partial charge in [-0.25, -0.2) is 4.98 Å². The van der Waals surface area contributed by atoms with Crippen LogP contribution in [-0.2, 0) is 4.74 Å². The number of hydrogen-bond donors (Lipinski definition) is 5. The SMILES string of the molecule is Cc1cc(C(=N)N2CCOCC2)cc2[nH]c(-c3c(NCC(O)c4cccc(Cl)c4)cc[nH]c3=O)nc12. The van der Waals surface area contributed by atoms with Crippen molar-refractivity contribution in [3.8, 4) is 11.4 Å². The first-order valence-electron chi connectivity index (χ1n) is 11.7. The quantitative estimate of drug-likeness (QED) is 0.200. The van der Waals surface area contributed by atoms with E-state index >= 15 is 0 Å². The Balaban J connectivity index is 1.45. The lowest BCUT2D eigenvalue weighted by Gasteiger charge is -2.29. The van der Waals surface area contributed by atoms with Crippen molar-refractivity contribution in [2.45, 2.75) is 13.0 Å². The Morgan fingerprint density at radius 2 is 2.08 bits per heavy atom. The maximum Gasteiger partial charge on any atom is 0.261 e. The molecule has 0 radical (unpaired) electrons. The number of amidine groups is 1. The van der Waals surface area contributed by atoms with Gasteiger partial charge >= 0.3 is 0 Å². The minimum atomic E-state index is -0.817. The number of fused-ring (bicyclic) bond motifs is 1. The third kappa shape index (κ3) is 4.86. The van der Waals surface area contributed by atoms with E-state index in [0.29, 0.717) is 59.8 Å². The highest BCUT2D eigenvalue weighted by molar-refractivity contribution is 6.30. The number of imidazole rings is 1. The van der Waals surface area contributed by atoms with Crippen molar-refractivity contribution in [1.82, 2.24) is 19.9 Å². The van der Waals surface area contributed by atoms with Crippen molar-refractivity contribution in [3.63, 3.8) is 0 Å². The number of benzene rings is 2. The monoisotopic (exact) mass is 506 g/mol. The Kier molecular flexibility index (Phi) is 6.77. The first-order chi connectivity index (χ1) is 17.4. The second-order valence-corrected chi connectivity index (χ2v) is 9.21. The predicted molar refractivity (Wildman–Crippen MR) is 141 cm³/mol. The molecule has 1 fully saturated rings. The van der Waals surface area contributed by atoms with Gasteiger partial charge in [0.1, 0.15) is 17.2 Å². The number of pyridine rings is 1. The fraction of sp³-hybridized carbons (Fsp3) is 0.269. The highest BCUT2D eigenvalue weighted by Crippen LogP contribution is 2.28. The van der Waals surface area contributed by atoms with Crippen LogP contribution in [0.5, 0.6) is 0 Å². The zero-order chi connectivity index (χ0) is 25.2. The van der Waals surface area contributed by atoms with Crippen molar-refractivity contribution >= 4 is 34.2 Å². The van der Waals surface area contributed by atoms with Crippen LogP contribution in [0, 0.1) is 12.3 Å². The van der Waals surface area contributed by atoms with Crippen LogP contribution in [0.4, 0.5) is 5.69 Å². The Morgan fingerprint density at radius 3 is 2.86 bits per heavy atom. The van der Waals surface area contributed by atoms with E-state index in [-0.39, 0.29) is 12.1 Å². The van der Waals surface area contributed by atoms with E-state index in [0.717, 1.165) is 22.2 Å². The summed E-state index contributed by atoms with van der Waals surface area (Å²) in [5.74, 6) is 0.846. The lowest BCUT2D eigenvalue weighted by atomic mass is 10.1. The minimum Gasteiger partial charge on any atom is -0.387 e. The number of aliphatic hydroxyl groups is 1. The molecule has 0 saturated carbocycles. The maximum absolute atomic E-state index is 12.9. The van der Waals surface area contributed by atoms with Crippen LogP contribution in [0.25, 0.3) is 22.4 Å². The van der Waals surface area contributed by atoms with E-state index in [1.165, 1.54) is 0 Å². The normalized spacial score (nSPS) is 14.7. The lowest BCUT2D eigenvalue weighted by molar-refractivity contribution is 0.0680. The summed E-state index contributed by atoms with van der Waals surface area (Å²) in [7, 11) is 0. The standard InChI is InChI=1S/C26H27ClN6O3/c1-15-11-17(24(28)33-7-9-36-10-8-33)13-20-23(15)32-25(31-20)22-19(5-6-29-26(22)35)30-14-21(34)16-3-2-4-18(27)12-16/h2-6,11-13,21,28,34H,7-10,14H2,1H3,(H,31,32)(H2,29,30,35). The van der Waals surface area contributed by atoms with Crippen molar-refractivity contribution < 1.29 is 9.84 Å². The zero-order valence-electron chi connectivity index (χ0n) is 19.8. The van der Waals surface area contributed by atoms with Gasteiger partial charge in [-0.1, -0.05) is 23.7 Å². The Hall–Kier alpha value is -3.66. The summed E-state index contributed by atoms with van der Waals surface area (Å²) in [6.07, 6.45) is 0.734. The van der Waals surface area contributed by atoms with Gasteiger partial charge in [-0.2, -0.15) is 0 Å². The van der Waals surface area contributed by atoms with Crippen LogP contribution in [0.2, 0.25) is 5.02 Å². The van der Waals surface area contributed by atoms with E-state index in [1.54, 1.807) is 36.5 Å². The first kappa shape index (κ1) is 24.1. The van der Waals surface area contributed by atoms with Crippen LogP contribution in [0.3, 0.4) is 0 Å². The molecule has 4 aromatic rings. The minimum absolute atomic E-state index is 0.177. The summed E-state index contributed by atoms with van der Waals surface area (Å²) < 4.78 is 5.40. The van der Waals surface area contributed by atoms with E-state index < -0.39 is 6.10 Å². The van der Waals surface area contributed by atoms with Crippen molar-refractivity contribution in [1.29, 1.82) is 5.41 Å². The number of ether oxygens (including phenoxy) is 1. The second kappa shape index (κ2) is 10.1. The number of anilines is 1. The molecule has 1 aliphatic rings. The summed E-state index contributed by atoms with van der Waals surface area (Å²) in [6, 6.07) is 12.6. The van der Waals surface area contributed by atoms with Gasteiger partial charge in [-0.15, -0.1) is 0 Å². The van der Waals surface area contributed by atoms with Gasteiger partial charge in [-0.3, -0.25) is 10.2 Å². The highest BCUT2D eigenvalue weighted by Gasteiger charge is 2.20. The number of aryl methyl sites for hydroxylation is 1. The smallest absolute Gasteiger partial charge is 0.261 e. The van der Waals surface area contributed by atoms with E-state index in [2.05, 4.69) is 15.3 Å². The lowest BCUT2D eigenvalue weighted by Crippen LogP contribution is -2.40. The average Bonchev–Trinajstić information content (AvgIpc) is 3.31. The molecule has 0 amide bonds. The molecule has 5 rings (SSSR count). The maximum atomic E-state index is 12.9. The Bertz CT molecular complexity index is 1470. The number of nitrogens with one attached hydrogen (secondary N) is 4. The molecule has 0 spiro atoms. The molecule has 1 unspecified atom stereocenters. The first-order valence-corrected chi connectivity index (χ1v) is 12.1. The number of aromatic nitrogens is 3. The van der Waals surface area contributed by atoms with Crippen LogP contribution >= 0.6 is 11.6 Å².